The molecule has 0 atom stereocenters. The van der Waals surface area contributed by atoms with Gasteiger partial charge in [-0.05, 0) is 18.2 Å². The number of hydrogen-bond acceptors (Lipinski definition) is 5. The number of nitrogens with one attached hydrogen (secondary N) is 1. The Morgan fingerprint density at radius 3 is 2.58 bits per heavy atom. The maximum Gasteiger partial charge on any atom is 0.271 e. The molecule has 0 bridgehead atoms. The smallest absolute Gasteiger partial charge is 0.271 e. The van der Waals surface area contributed by atoms with Crippen molar-refractivity contribution >= 4 is 16.9 Å². The molecule has 0 aliphatic heterocycles. The van der Waals surface area contributed by atoms with Crippen molar-refractivity contribution < 1.29 is 14.3 Å². The molecule has 3 aromatic rings. The number of nitrogens with zero attached hydrogens (tertiary/aromatic N) is 2. The average molecular weight is 323 g/mol. The van der Waals surface area contributed by atoms with Crippen LogP contribution >= 0.6 is 0 Å². The fraction of sp³-hybridized carbons (Fsp3) is 0.167. The van der Waals surface area contributed by atoms with E-state index in [1.165, 1.54) is 6.20 Å². The SMILES string of the molecule is COc1cccc(CNC(=O)c2cnc3ccccc3n2)c1OC. The van der Waals surface area contributed by atoms with Crippen LogP contribution in [0.25, 0.3) is 11.0 Å². The highest BCUT2D eigenvalue weighted by Gasteiger charge is 2.13. The summed E-state index contributed by atoms with van der Waals surface area (Å²) in [5.74, 6) is 0.928. The third kappa shape index (κ3) is 3.12. The van der Waals surface area contributed by atoms with Crippen LogP contribution in [0.3, 0.4) is 0 Å². The number of aromatic nitrogens is 2. The van der Waals surface area contributed by atoms with Crippen LogP contribution in [0, 0.1) is 0 Å². The molecule has 0 saturated heterocycles. The second-order valence-corrected chi connectivity index (χ2v) is 5.08. The zero-order chi connectivity index (χ0) is 16.9. The summed E-state index contributed by atoms with van der Waals surface area (Å²) in [6.07, 6.45) is 1.47. The topological polar surface area (TPSA) is 73.3 Å². The Balaban J connectivity index is 1.77. The fourth-order valence-electron chi connectivity index (χ4n) is 2.43. The van der Waals surface area contributed by atoms with Gasteiger partial charge in [0.2, 0.25) is 0 Å². The van der Waals surface area contributed by atoms with Crippen molar-refractivity contribution in [1.82, 2.24) is 15.3 Å². The molecule has 0 aliphatic rings. The second kappa shape index (κ2) is 6.95. The van der Waals surface area contributed by atoms with Crippen molar-refractivity contribution in [1.29, 1.82) is 0 Å². The maximum absolute atomic E-state index is 12.3. The Morgan fingerprint density at radius 2 is 1.83 bits per heavy atom. The number of amides is 1. The van der Waals surface area contributed by atoms with E-state index in [-0.39, 0.29) is 11.6 Å². The molecular weight excluding hydrogens is 306 g/mol. The van der Waals surface area contributed by atoms with Crippen LogP contribution in [-0.2, 0) is 6.54 Å². The number of para-hydroxylation sites is 3. The minimum atomic E-state index is -0.293. The lowest BCUT2D eigenvalue weighted by Crippen LogP contribution is -2.24. The van der Waals surface area contributed by atoms with Crippen LogP contribution in [0.2, 0.25) is 0 Å². The first-order chi connectivity index (χ1) is 11.7. The first-order valence-electron chi connectivity index (χ1n) is 7.43. The van der Waals surface area contributed by atoms with E-state index in [2.05, 4.69) is 15.3 Å². The predicted octanol–water partition coefficient (Wildman–Crippen LogP) is 2.58. The number of ether oxygens (including phenoxy) is 2. The molecule has 122 valence electrons. The molecule has 6 heteroatoms. The average Bonchev–Trinajstić information content (AvgIpc) is 2.65. The van der Waals surface area contributed by atoms with Gasteiger partial charge in [-0.1, -0.05) is 24.3 Å². The summed E-state index contributed by atoms with van der Waals surface area (Å²) in [5, 5.41) is 2.83. The molecule has 6 nitrogen and oxygen atoms in total. The second-order valence-electron chi connectivity index (χ2n) is 5.08. The third-order valence-corrected chi connectivity index (χ3v) is 3.61. The van der Waals surface area contributed by atoms with E-state index >= 15 is 0 Å². The molecular formula is C18H17N3O3. The van der Waals surface area contributed by atoms with Gasteiger partial charge in [0.1, 0.15) is 5.69 Å². The fourth-order valence-corrected chi connectivity index (χ4v) is 2.43. The number of carbonyl (C=O) groups excluding carboxylic acids is 1. The van der Waals surface area contributed by atoms with Gasteiger partial charge in [-0.15, -0.1) is 0 Å². The lowest BCUT2D eigenvalue weighted by Gasteiger charge is -2.13. The van der Waals surface area contributed by atoms with Crippen molar-refractivity contribution in [3.63, 3.8) is 0 Å². The quantitative estimate of drug-likeness (QED) is 0.781. The summed E-state index contributed by atoms with van der Waals surface area (Å²) in [6, 6.07) is 12.9. The Hall–Kier alpha value is -3.15. The zero-order valence-corrected chi connectivity index (χ0v) is 13.4. The largest absolute Gasteiger partial charge is 0.493 e. The van der Waals surface area contributed by atoms with Gasteiger partial charge in [0.15, 0.2) is 11.5 Å². The van der Waals surface area contributed by atoms with E-state index in [1.54, 1.807) is 20.3 Å². The van der Waals surface area contributed by atoms with Crippen LogP contribution < -0.4 is 14.8 Å². The Morgan fingerprint density at radius 1 is 1.04 bits per heavy atom. The highest BCUT2D eigenvalue weighted by atomic mass is 16.5. The van der Waals surface area contributed by atoms with Crippen molar-refractivity contribution in [2.45, 2.75) is 6.54 Å². The van der Waals surface area contributed by atoms with Crippen LogP contribution in [0.4, 0.5) is 0 Å². The van der Waals surface area contributed by atoms with Crippen molar-refractivity contribution in [2.24, 2.45) is 0 Å². The normalized spacial score (nSPS) is 10.4. The number of benzene rings is 2. The van der Waals surface area contributed by atoms with Crippen molar-refractivity contribution in [3.8, 4) is 11.5 Å². The minimum absolute atomic E-state index is 0.274. The summed E-state index contributed by atoms with van der Waals surface area (Å²) in [7, 11) is 3.14. The number of carbonyl (C=O) groups is 1. The summed E-state index contributed by atoms with van der Waals surface area (Å²) >= 11 is 0. The Labute approximate surface area is 139 Å². The molecule has 0 radical (unpaired) electrons. The molecule has 1 aromatic heterocycles. The first-order valence-corrected chi connectivity index (χ1v) is 7.43. The minimum Gasteiger partial charge on any atom is -0.493 e. The highest BCUT2D eigenvalue weighted by molar-refractivity contribution is 5.93. The standard InChI is InChI=1S/C18H17N3O3/c1-23-16-9-5-6-12(17(16)24-2)10-20-18(22)15-11-19-13-7-3-4-8-14(13)21-15/h3-9,11H,10H2,1-2H3,(H,20,22). The van der Waals surface area contributed by atoms with E-state index in [0.717, 1.165) is 11.1 Å². The van der Waals surface area contributed by atoms with Crippen LogP contribution in [-0.4, -0.2) is 30.1 Å². The van der Waals surface area contributed by atoms with Gasteiger partial charge in [-0.2, -0.15) is 0 Å². The lowest BCUT2D eigenvalue weighted by atomic mass is 10.2. The van der Waals surface area contributed by atoms with Gasteiger partial charge in [-0.3, -0.25) is 9.78 Å². The number of fused-ring (bicyclic) bond motifs is 1. The molecule has 1 heterocycles. The molecule has 0 saturated carbocycles. The van der Waals surface area contributed by atoms with E-state index in [9.17, 15) is 4.79 Å². The molecule has 1 amide bonds. The van der Waals surface area contributed by atoms with Crippen LogP contribution in [0.5, 0.6) is 11.5 Å². The van der Waals surface area contributed by atoms with E-state index < -0.39 is 0 Å². The molecule has 0 unspecified atom stereocenters. The van der Waals surface area contributed by atoms with Gasteiger partial charge < -0.3 is 14.8 Å². The van der Waals surface area contributed by atoms with E-state index in [1.807, 2.05) is 36.4 Å². The van der Waals surface area contributed by atoms with Crippen LogP contribution in [0.15, 0.2) is 48.7 Å². The Kier molecular flexibility index (Phi) is 4.56. The summed E-state index contributed by atoms with van der Waals surface area (Å²) in [4.78, 5) is 20.9. The molecule has 24 heavy (non-hydrogen) atoms. The van der Waals surface area contributed by atoms with E-state index in [4.69, 9.17) is 9.47 Å². The zero-order valence-electron chi connectivity index (χ0n) is 13.4. The first kappa shape index (κ1) is 15.7. The van der Waals surface area contributed by atoms with Gasteiger partial charge in [0.05, 0.1) is 31.4 Å². The summed E-state index contributed by atoms with van der Waals surface area (Å²) < 4.78 is 10.6. The van der Waals surface area contributed by atoms with Crippen molar-refractivity contribution in [3.05, 3.63) is 59.9 Å². The highest BCUT2D eigenvalue weighted by Crippen LogP contribution is 2.30. The maximum atomic E-state index is 12.3. The van der Waals surface area contributed by atoms with E-state index in [0.29, 0.717) is 23.6 Å². The number of rotatable bonds is 5. The monoisotopic (exact) mass is 323 g/mol. The Bertz CT molecular complexity index is 880. The molecule has 3 rings (SSSR count). The molecule has 0 spiro atoms. The number of methoxy groups -OCH3 is 2. The molecule has 0 aliphatic carbocycles. The molecule has 1 N–H and O–H groups in total. The molecule has 0 fully saturated rings. The van der Waals surface area contributed by atoms with Gasteiger partial charge in [-0.25, -0.2) is 4.98 Å². The van der Waals surface area contributed by atoms with Crippen LogP contribution in [0.1, 0.15) is 16.1 Å². The lowest BCUT2D eigenvalue weighted by molar-refractivity contribution is 0.0945. The van der Waals surface area contributed by atoms with Gasteiger partial charge >= 0.3 is 0 Å². The summed E-state index contributed by atoms with van der Waals surface area (Å²) in [5.41, 5.74) is 2.53. The third-order valence-electron chi connectivity index (χ3n) is 3.61. The number of hydrogen-bond donors (Lipinski definition) is 1. The van der Waals surface area contributed by atoms with Crippen molar-refractivity contribution in [2.75, 3.05) is 14.2 Å². The van der Waals surface area contributed by atoms with Gasteiger partial charge in [0.25, 0.3) is 5.91 Å². The molecule has 2 aromatic carbocycles. The summed E-state index contributed by atoms with van der Waals surface area (Å²) in [6.45, 7) is 0.299. The predicted molar refractivity (Wildman–Crippen MR) is 90.3 cm³/mol. The van der Waals surface area contributed by atoms with Gasteiger partial charge in [0, 0.05) is 12.1 Å².